The van der Waals surface area contributed by atoms with Gasteiger partial charge >= 0.3 is 0 Å². The maximum atomic E-state index is 11.7. The van der Waals surface area contributed by atoms with E-state index in [1.165, 1.54) is 16.7 Å². The van der Waals surface area contributed by atoms with Gasteiger partial charge < -0.3 is 15.0 Å². The van der Waals surface area contributed by atoms with E-state index < -0.39 is 6.10 Å². The average molecular weight is 298 g/mol. The highest BCUT2D eigenvalue weighted by atomic mass is 16.3. The smallest absolute Gasteiger partial charge is 0.250 e. The number of carbonyl (C=O) groups excluding carboxylic acids is 1. The Labute approximate surface area is 128 Å². The van der Waals surface area contributed by atoms with Crippen molar-refractivity contribution in [3.63, 3.8) is 0 Å². The van der Waals surface area contributed by atoms with Crippen molar-refractivity contribution in [2.45, 2.75) is 12.6 Å². The van der Waals surface area contributed by atoms with Gasteiger partial charge in [0.1, 0.15) is 0 Å². The van der Waals surface area contributed by atoms with E-state index in [1.807, 2.05) is 30.3 Å². The number of pyridine rings is 1. The van der Waals surface area contributed by atoms with Gasteiger partial charge in [-0.15, -0.1) is 0 Å². The van der Waals surface area contributed by atoms with Crippen molar-refractivity contribution < 1.29 is 9.90 Å². The summed E-state index contributed by atoms with van der Waals surface area (Å²) in [7, 11) is 0. The quantitative estimate of drug-likeness (QED) is 0.783. The molecular weight excluding hydrogens is 280 g/mol. The number of hydrogen-bond donors (Lipinski definition) is 2. The van der Waals surface area contributed by atoms with Gasteiger partial charge in [-0.3, -0.25) is 9.59 Å². The number of nitrogens with zero attached hydrogens (tertiary/aromatic N) is 1. The highest BCUT2D eigenvalue weighted by Crippen LogP contribution is 2.00. The molecule has 0 fully saturated rings. The molecule has 5 nitrogen and oxygen atoms in total. The third-order valence-electron chi connectivity index (χ3n) is 3.05. The molecular formula is C17H18N2O3. The molecule has 0 aliphatic carbocycles. The first-order valence-corrected chi connectivity index (χ1v) is 6.99. The lowest BCUT2D eigenvalue weighted by molar-refractivity contribution is -0.116. The van der Waals surface area contributed by atoms with Crippen LogP contribution >= 0.6 is 0 Å². The first kappa shape index (κ1) is 15.7. The fraction of sp³-hybridized carbons (Fsp3) is 0.176. The van der Waals surface area contributed by atoms with Crippen molar-refractivity contribution in [3.8, 4) is 0 Å². The molecule has 0 aliphatic heterocycles. The first-order valence-electron chi connectivity index (χ1n) is 6.99. The summed E-state index contributed by atoms with van der Waals surface area (Å²) in [5, 5.41) is 12.5. The van der Waals surface area contributed by atoms with Gasteiger partial charge in [-0.1, -0.05) is 36.4 Å². The van der Waals surface area contributed by atoms with Crippen LogP contribution in [0.3, 0.4) is 0 Å². The summed E-state index contributed by atoms with van der Waals surface area (Å²) in [5.41, 5.74) is 0.742. The SMILES string of the molecule is O=C(/C=C/c1ccccc1)NC[C@@H](O)Cn1ccccc1=O. The number of aromatic nitrogens is 1. The molecule has 0 aliphatic rings. The molecule has 0 spiro atoms. The topological polar surface area (TPSA) is 71.3 Å². The van der Waals surface area contributed by atoms with E-state index >= 15 is 0 Å². The lowest BCUT2D eigenvalue weighted by atomic mass is 10.2. The van der Waals surface area contributed by atoms with E-state index in [2.05, 4.69) is 5.32 Å². The Kier molecular flexibility index (Phi) is 5.68. The number of hydrogen-bond acceptors (Lipinski definition) is 3. The third-order valence-corrected chi connectivity index (χ3v) is 3.05. The van der Waals surface area contributed by atoms with Gasteiger partial charge in [-0.25, -0.2) is 0 Å². The fourth-order valence-corrected chi connectivity index (χ4v) is 1.92. The van der Waals surface area contributed by atoms with E-state index in [0.29, 0.717) is 0 Å². The zero-order valence-corrected chi connectivity index (χ0v) is 12.1. The zero-order chi connectivity index (χ0) is 15.8. The maximum absolute atomic E-state index is 11.7. The summed E-state index contributed by atoms with van der Waals surface area (Å²) in [4.78, 5) is 23.2. The molecule has 0 bridgehead atoms. The lowest BCUT2D eigenvalue weighted by Crippen LogP contribution is -2.35. The van der Waals surface area contributed by atoms with Crippen LogP contribution in [-0.4, -0.2) is 28.2 Å². The molecule has 5 heteroatoms. The predicted octanol–water partition coefficient (Wildman–Crippen LogP) is 1.04. The monoisotopic (exact) mass is 298 g/mol. The largest absolute Gasteiger partial charge is 0.389 e. The minimum atomic E-state index is -0.825. The molecule has 0 saturated heterocycles. The Bertz CT molecular complexity index is 692. The van der Waals surface area contributed by atoms with Crippen LogP contribution in [0.15, 0.2) is 65.6 Å². The van der Waals surface area contributed by atoms with Crippen LogP contribution in [0.4, 0.5) is 0 Å². The van der Waals surface area contributed by atoms with Gasteiger partial charge in [-0.05, 0) is 17.7 Å². The third kappa shape index (κ3) is 5.03. The van der Waals surface area contributed by atoms with Crippen molar-refractivity contribution >= 4 is 12.0 Å². The highest BCUT2D eigenvalue weighted by molar-refractivity contribution is 5.91. The van der Waals surface area contributed by atoms with Crippen molar-refractivity contribution in [2.24, 2.45) is 0 Å². The standard InChI is InChI=1S/C17H18N2O3/c20-15(13-19-11-5-4-8-17(19)22)12-18-16(21)10-9-14-6-2-1-3-7-14/h1-11,15,20H,12-13H2,(H,18,21)/b10-9+/t15-/m1/s1. The Morgan fingerprint density at radius 3 is 2.64 bits per heavy atom. The second kappa shape index (κ2) is 7.95. The molecule has 1 aromatic heterocycles. The number of rotatable bonds is 6. The Morgan fingerprint density at radius 2 is 1.91 bits per heavy atom. The van der Waals surface area contributed by atoms with E-state index in [4.69, 9.17) is 0 Å². The summed E-state index contributed by atoms with van der Waals surface area (Å²) < 4.78 is 1.40. The van der Waals surface area contributed by atoms with Crippen LogP contribution in [0.5, 0.6) is 0 Å². The maximum Gasteiger partial charge on any atom is 0.250 e. The molecule has 2 rings (SSSR count). The number of aliphatic hydroxyl groups excluding tert-OH is 1. The van der Waals surface area contributed by atoms with Crippen LogP contribution in [-0.2, 0) is 11.3 Å². The second-order valence-corrected chi connectivity index (χ2v) is 4.83. The summed E-state index contributed by atoms with van der Waals surface area (Å²) in [6, 6.07) is 14.2. The van der Waals surface area contributed by atoms with E-state index in [0.717, 1.165) is 5.56 Å². The number of carbonyl (C=O) groups is 1. The highest BCUT2D eigenvalue weighted by Gasteiger charge is 2.07. The molecule has 1 heterocycles. The number of amides is 1. The lowest BCUT2D eigenvalue weighted by Gasteiger charge is -2.12. The van der Waals surface area contributed by atoms with Crippen LogP contribution < -0.4 is 10.9 Å². The average Bonchev–Trinajstić information content (AvgIpc) is 2.54. The van der Waals surface area contributed by atoms with Gasteiger partial charge in [0.05, 0.1) is 12.6 Å². The van der Waals surface area contributed by atoms with Crippen LogP contribution in [0.25, 0.3) is 6.08 Å². The molecule has 114 valence electrons. The Hall–Kier alpha value is -2.66. The van der Waals surface area contributed by atoms with Crippen LogP contribution in [0.2, 0.25) is 0 Å². The Balaban J connectivity index is 1.80. The molecule has 22 heavy (non-hydrogen) atoms. The molecule has 0 saturated carbocycles. The molecule has 1 atom stereocenters. The van der Waals surface area contributed by atoms with Crippen molar-refractivity contribution in [1.82, 2.24) is 9.88 Å². The normalized spacial score (nSPS) is 12.2. The van der Waals surface area contributed by atoms with E-state index in [1.54, 1.807) is 24.4 Å². The van der Waals surface area contributed by atoms with E-state index in [9.17, 15) is 14.7 Å². The minimum Gasteiger partial charge on any atom is -0.389 e. The molecule has 1 amide bonds. The molecule has 0 unspecified atom stereocenters. The van der Waals surface area contributed by atoms with E-state index in [-0.39, 0.29) is 24.6 Å². The number of aliphatic hydroxyl groups is 1. The molecule has 2 aromatic rings. The van der Waals surface area contributed by atoms with Crippen molar-refractivity contribution in [3.05, 3.63) is 76.7 Å². The molecule has 2 N–H and O–H groups in total. The summed E-state index contributed by atoms with van der Waals surface area (Å²) in [5.74, 6) is -0.289. The minimum absolute atomic E-state index is 0.0826. The van der Waals surface area contributed by atoms with Gasteiger partial charge in [0.25, 0.3) is 5.56 Å². The van der Waals surface area contributed by atoms with Gasteiger partial charge in [-0.2, -0.15) is 0 Å². The summed E-state index contributed by atoms with van der Waals surface area (Å²) in [6.45, 7) is 0.224. The van der Waals surface area contributed by atoms with Crippen molar-refractivity contribution in [2.75, 3.05) is 6.54 Å². The number of nitrogens with one attached hydrogen (secondary N) is 1. The first-order chi connectivity index (χ1) is 10.6. The van der Waals surface area contributed by atoms with Gasteiger partial charge in [0, 0.05) is 24.9 Å². The zero-order valence-electron chi connectivity index (χ0n) is 12.1. The Morgan fingerprint density at radius 1 is 1.18 bits per heavy atom. The van der Waals surface area contributed by atoms with Crippen molar-refractivity contribution in [1.29, 1.82) is 0 Å². The molecule has 0 radical (unpaired) electrons. The molecule has 1 aromatic carbocycles. The van der Waals surface area contributed by atoms with Gasteiger partial charge in [0.2, 0.25) is 5.91 Å². The second-order valence-electron chi connectivity index (χ2n) is 4.83. The van der Waals surface area contributed by atoms with Crippen LogP contribution in [0.1, 0.15) is 5.56 Å². The summed E-state index contributed by atoms with van der Waals surface area (Å²) >= 11 is 0. The summed E-state index contributed by atoms with van der Waals surface area (Å²) in [6.07, 6.45) is 3.89. The van der Waals surface area contributed by atoms with Crippen LogP contribution in [0, 0.1) is 0 Å². The predicted molar refractivity (Wildman–Crippen MR) is 85.2 cm³/mol. The fourth-order valence-electron chi connectivity index (χ4n) is 1.92. The van der Waals surface area contributed by atoms with Gasteiger partial charge in [0.15, 0.2) is 0 Å². The number of benzene rings is 1.